The van der Waals surface area contributed by atoms with Crippen molar-refractivity contribution in [3.05, 3.63) is 46.0 Å². The van der Waals surface area contributed by atoms with E-state index < -0.39 is 4.92 Å². The molecule has 0 N–H and O–H groups in total. The van der Waals surface area contributed by atoms with Gasteiger partial charge in [0.05, 0.1) is 4.92 Å². The molecule has 3 nitrogen and oxygen atoms in total. The number of halogens is 1. The summed E-state index contributed by atoms with van der Waals surface area (Å²) < 4.78 is 0. The third-order valence-corrected chi connectivity index (χ3v) is 1.66. The van der Waals surface area contributed by atoms with Gasteiger partial charge in [-0.3, -0.25) is 10.1 Å². The highest BCUT2D eigenvalue weighted by atomic mass is 35.5. The van der Waals surface area contributed by atoms with Crippen LogP contribution >= 0.6 is 11.6 Å². The van der Waals surface area contributed by atoms with Crippen LogP contribution in [0.5, 0.6) is 0 Å². The van der Waals surface area contributed by atoms with Crippen LogP contribution in [-0.4, -0.2) is 10.8 Å². The maximum atomic E-state index is 10.4. The molecule has 0 bridgehead atoms. The smallest absolute Gasteiger partial charge is 0.258 e. The van der Waals surface area contributed by atoms with Crippen molar-refractivity contribution in [1.29, 1.82) is 0 Å². The second-order valence-electron chi connectivity index (χ2n) is 2.41. The summed E-state index contributed by atoms with van der Waals surface area (Å²) in [4.78, 5) is 9.96. The molecule has 1 rings (SSSR count). The Hall–Kier alpha value is -1.35. The van der Waals surface area contributed by atoms with Crippen LogP contribution in [0.4, 0.5) is 5.69 Å². The zero-order valence-corrected chi connectivity index (χ0v) is 7.57. The number of rotatable bonds is 3. The second-order valence-corrected chi connectivity index (χ2v) is 2.72. The first-order valence-corrected chi connectivity index (χ1v) is 4.24. The standard InChI is InChI=1S/C9H8ClNO2/c10-6-2-4-8-3-1-5-9(7-8)11(12)13/h1-5,7H,6H2. The van der Waals surface area contributed by atoms with E-state index in [4.69, 9.17) is 11.6 Å². The Balaban J connectivity index is 2.92. The van der Waals surface area contributed by atoms with Gasteiger partial charge in [0.25, 0.3) is 5.69 Å². The first-order chi connectivity index (χ1) is 6.24. The van der Waals surface area contributed by atoms with Crippen LogP contribution < -0.4 is 0 Å². The van der Waals surface area contributed by atoms with E-state index in [1.807, 2.05) is 0 Å². The summed E-state index contributed by atoms with van der Waals surface area (Å²) >= 11 is 5.43. The summed E-state index contributed by atoms with van der Waals surface area (Å²) in [7, 11) is 0. The van der Waals surface area contributed by atoms with Gasteiger partial charge in [0.2, 0.25) is 0 Å². The van der Waals surface area contributed by atoms with Crippen molar-refractivity contribution in [2.24, 2.45) is 0 Å². The fraction of sp³-hybridized carbons (Fsp3) is 0.111. The van der Waals surface area contributed by atoms with Gasteiger partial charge in [-0.25, -0.2) is 0 Å². The lowest BCUT2D eigenvalue weighted by atomic mass is 10.2. The number of benzene rings is 1. The molecule has 1 aromatic carbocycles. The molecule has 0 aliphatic carbocycles. The van der Waals surface area contributed by atoms with Gasteiger partial charge in [-0.05, 0) is 5.56 Å². The van der Waals surface area contributed by atoms with Crippen LogP contribution in [0.15, 0.2) is 30.3 Å². The van der Waals surface area contributed by atoms with E-state index in [9.17, 15) is 10.1 Å². The Morgan fingerprint density at radius 3 is 2.92 bits per heavy atom. The summed E-state index contributed by atoms with van der Waals surface area (Å²) in [5.74, 6) is 0.405. The molecule has 1 aromatic rings. The molecule has 0 aliphatic heterocycles. The van der Waals surface area contributed by atoms with Crippen molar-refractivity contribution in [2.45, 2.75) is 0 Å². The molecular formula is C9H8ClNO2. The number of hydrogen-bond acceptors (Lipinski definition) is 2. The van der Waals surface area contributed by atoms with Gasteiger partial charge < -0.3 is 0 Å². The monoisotopic (exact) mass is 197 g/mol. The van der Waals surface area contributed by atoms with Gasteiger partial charge >= 0.3 is 0 Å². The molecule has 0 saturated carbocycles. The summed E-state index contributed by atoms with van der Waals surface area (Å²) in [6.45, 7) is 0. The van der Waals surface area contributed by atoms with Gasteiger partial charge in [-0.2, -0.15) is 0 Å². The minimum absolute atomic E-state index is 0.0942. The third-order valence-electron chi connectivity index (χ3n) is 1.48. The average Bonchev–Trinajstić information content (AvgIpc) is 2.15. The van der Waals surface area contributed by atoms with Crippen molar-refractivity contribution >= 4 is 23.4 Å². The molecular weight excluding hydrogens is 190 g/mol. The fourth-order valence-electron chi connectivity index (χ4n) is 0.923. The van der Waals surface area contributed by atoms with Crippen LogP contribution in [0, 0.1) is 10.1 Å². The number of alkyl halides is 1. The third kappa shape index (κ3) is 2.87. The van der Waals surface area contributed by atoms with Crippen LogP contribution in [0.2, 0.25) is 0 Å². The Labute approximate surface area is 80.8 Å². The van der Waals surface area contributed by atoms with Crippen molar-refractivity contribution in [3.63, 3.8) is 0 Å². The van der Waals surface area contributed by atoms with E-state index >= 15 is 0 Å². The van der Waals surface area contributed by atoms with Gasteiger partial charge in [0, 0.05) is 18.0 Å². The highest BCUT2D eigenvalue weighted by molar-refractivity contribution is 6.19. The van der Waals surface area contributed by atoms with Crippen molar-refractivity contribution < 1.29 is 4.92 Å². The molecule has 0 spiro atoms. The first-order valence-electron chi connectivity index (χ1n) is 3.71. The molecule has 0 atom stereocenters. The zero-order valence-electron chi connectivity index (χ0n) is 6.81. The molecule has 0 fully saturated rings. The van der Waals surface area contributed by atoms with Crippen LogP contribution in [-0.2, 0) is 0 Å². The lowest BCUT2D eigenvalue weighted by Gasteiger charge is -1.93. The maximum Gasteiger partial charge on any atom is 0.270 e. The quantitative estimate of drug-likeness (QED) is 0.425. The maximum absolute atomic E-state index is 10.4. The lowest BCUT2D eigenvalue weighted by Crippen LogP contribution is -1.87. The molecule has 0 heterocycles. The second kappa shape index (κ2) is 4.62. The number of non-ortho nitro benzene ring substituents is 1. The van der Waals surface area contributed by atoms with Crippen LogP contribution in [0.3, 0.4) is 0 Å². The van der Waals surface area contributed by atoms with E-state index in [0.29, 0.717) is 5.88 Å². The van der Waals surface area contributed by atoms with E-state index in [1.54, 1.807) is 24.3 Å². The Morgan fingerprint density at radius 1 is 1.54 bits per heavy atom. The van der Waals surface area contributed by atoms with Gasteiger partial charge in [0.15, 0.2) is 0 Å². The van der Waals surface area contributed by atoms with Crippen LogP contribution in [0.1, 0.15) is 5.56 Å². The van der Waals surface area contributed by atoms with Crippen molar-refractivity contribution in [2.75, 3.05) is 5.88 Å². The number of nitro benzene ring substituents is 1. The van der Waals surface area contributed by atoms with Gasteiger partial charge in [-0.15, -0.1) is 11.6 Å². The fourth-order valence-corrected chi connectivity index (χ4v) is 1.01. The predicted octanol–water partition coefficient (Wildman–Crippen LogP) is 2.85. The topological polar surface area (TPSA) is 43.1 Å². The summed E-state index contributed by atoms with van der Waals surface area (Å²) in [5, 5.41) is 10.4. The molecule has 68 valence electrons. The summed E-state index contributed by atoms with van der Waals surface area (Å²) in [5.41, 5.74) is 0.881. The number of nitro groups is 1. The largest absolute Gasteiger partial charge is 0.270 e. The van der Waals surface area contributed by atoms with Gasteiger partial charge in [0.1, 0.15) is 0 Å². The summed E-state index contributed by atoms with van der Waals surface area (Å²) in [6.07, 6.45) is 3.49. The molecule has 13 heavy (non-hydrogen) atoms. The zero-order chi connectivity index (χ0) is 9.68. The Morgan fingerprint density at radius 2 is 2.31 bits per heavy atom. The van der Waals surface area contributed by atoms with E-state index in [-0.39, 0.29) is 5.69 Å². The van der Waals surface area contributed by atoms with Crippen LogP contribution in [0.25, 0.3) is 6.08 Å². The molecule has 4 heteroatoms. The van der Waals surface area contributed by atoms with E-state index in [1.165, 1.54) is 12.1 Å². The highest BCUT2D eigenvalue weighted by Crippen LogP contribution is 2.13. The van der Waals surface area contributed by atoms with E-state index in [2.05, 4.69) is 0 Å². The first kappa shape index (κ1) is 9.74. The molecule has 0 aromatic heterocycles. The molecule has 0 radical (unpaired) electrons. The number of nitrogens with zero attached hydrogens (tertiary/aromatic N) is 1. The normalized spacial score (nSPS) is 10.5. The number of allylic oxidation sites excluding steroid dienone is 1. The average molecular weight is 198 g/mol. The van der Waals surface area contributed by atoms with Gasteiger partial charge in [-0.1, -0.05) is 24.3 Å². The van der Waals surface area contributed by atoms with Crippen molar-refractivity contribution in [1.82, 2.24) is 0 Å². The summed E-state index contributed by atoms with van der Waals surface area (Å²) in [6, 6.07) is 6.39. The molecule has 0 saturated heterocycles. The predicted molar refractivity (Wildman–Crippen MR) is 52.9 cm³/mol. The minimum Gasteiger partial charge on any atom is -0.258 e. The molecule has 0 aliphatic rings. The lowest BCUT2D eigenvalue weighted by molar-refractivity contribution is -0.384. The SMILES string of the molecule is O=[N+]([O-])c1cccc(C=CCCl)c1. The highest BCUT2D eigenvalue weighted by Gasteiger charge is 2.02. The van der Waals surface area contributed by atoms with E-state index in [0.717, 1.165) is 5.56 Å². The van der Waals surface area contributed by atoms with Crippen molar-refractivity contribution in [3.8, 4) is 0 Å². The molecule has 0 unspecified atom stereocenters. The minimum atomic E-state index is -0.419. The molecule has 0 amide bonds. The number of hydrogen-bond donors (Lipinski definition) is 0. The Kier molecular flexibility index (Phi) is 3.46. The Bertz CT molecular complexity index is 336.